The quantitative estimate of drug-likeness (QED) is 0.860. The topological polar surface area (TPSA) is 75.1 Å². The molecule has 5 nitrogen and oxygen atoms in total. The Morgan fingerprint density at radius 1 is 1.32 bits per heavy atom. The molecule has 0 spiro atoms. The van der Waals surface area contributed by atoms with E-state index in [9.17, 15) is 4.79 Å². The average Bonchev–Trinajstić information content (AvgIpc) is 2.45. The number of nitrogens with one attached hydrogen (secondary N) is 1. The van der Waals surface area contributed by atoms with Gasteiger partial charge in [0.05, 0.1) is 18.1 Å². The maximum Gasteiger partial charge on any atom is 0.326 e. The molecule has 0 saturated heterocycles. The van der Waals surface area contributed by atoms with Gasteiger partial charge in [-0.05, 0) is 6.42 Å². The number of benzene rings is 1. The minimum absolute atomic E-state index is 0.468. The van der Waals surface area contributed by atoms with E-state index >= 15 is 0 Å². The molecule has 0 aliphatic carbocycles. The van der Waals surface area contributed by atoms with Crippen LogP contribution in [0.5, 0.6) is 0 Å². The highest BCUT2D eigenvalue weighted by Gasteiger charge is 2.15. The van der Waals surface area contributed by atoms with E-state index < -0.39 is 12.0 Å². The average molecular weight is 257 g/mol. The second-order valence-electron chi connectivity index (χ2n) is 4.10. The number of anilines is 1. The van der Waals surface area contributed by atoms with E-state index in [-0.39, 0.29) is 0 Å². The van der Waals surface area contributed by atoms with Crippen molar-refractivity contribution >= 4 is 11.8 Å². The zero-order valence-corrected chi connectivity index (χ0v) is 10.6. The van der Waals surface area contributed by atoms with Crippen molar-refractivity contribution in [3.63, 3.8) is 0 Å². The molecule has 0 amide bonds. The number of rotatable bonds is 5. The van der Waals surface area contributed by atoms with Crippen molar-refractivity contribution in [3.8, 4) is 11.3 Å². The number of nitrogens with zero attached hydrogens (tertiary/aromatic N) is 2. The van der Waals surface area contributed by atoms with Crippen LogP contribution >= 0.6 is 0 Å². The molecule has 1 aromatic heterocycles. The number of aliphatic carboxylic acids is 1. The Morgan fingerprint density at radius 2 is 2.05 bits per heavy atom. The van der Waals surface area contributed by atoms with Crippen molar-refractivity contribution in [1.82, 2.24) is 9.97 Å². The Hall–Kier alpha value is -2.43. The molecule has 2 N–H and O–H groups in total. The van der Waals surface area contributed by atoms with Gasteiger partial charge in [0.1, 0.15) is 11.9 Å². The Balaban J connectivity index is 2.23. The minimum atomic E-state index is -0.894. The maximum absolute atomic E-state index is 11.0. The number of hydrogen-bond donors (Lipinski definition) is 2. The molecule has 1 aromatic carbocycles. The van der Waals surface area contributed by atoms with Gasteiger partial charge < -0.3 is 10.4 Å². The third-order valence-corrected chi connectivity index (χ3v) is 2.73. The summed E-state index contributed by atoms with van der Waals surface area (Å²) in [4.78, 5) is 19.4. The molecule has 0 aliphatic rings. The van der Waals surface area contributed by atoms with Crippen molar-refractivity contribution in [2.45, 2.75) is 19.4 Å². The van der Waals surface area contributed by atoms with Crippen molar-refractivity contribution in [2.75, 3.05) is 5.32 Å². The van der Waals surface area contributed by atoms with E-state index in [1.54, 1.807) is 13.1 Å². The Bertz CT molecular complexity index is 558. The van der Waals surface area contributed by atoms with Gasteiger partial charge in [-0.25, -0.2) is 9.78 Å². The van der Waals surface area contributed by atoms with Gasteiger partial charge in [-0.1, -0.05) is 37.3 Å². The number of aromatic nitrogens is 2. The van der Waals surface area contributed by atoms with Crippen LogP contribution in [0.4, 0.5) is 5.82 Å². The van der Waals surface area contributed by atoms with Crippen LogP contribution in [-0.2, 0) is 4.79 Å². The summed E-state index contributed by atoms with van der Waals surface area (Å²) >= 11 is 0. The van der Waals surface area contributed by atoms with Crippen molar-refractivity contribution in [2.24, 2.45) is 0 Å². The van der Waals surface area contributed by atoms with E-state index in [2.05, 4.69) is 15.3 Å². The zero-order chi connectivity index (χ0) is 13.7. The minimum Gasteiger partial charge on any atom is -0.480 e. The molecule has 2 aromatic rings. The van der Waals surface area contributed by atoms with Crippen molar-refractivity contribution in [3.05, 3.63) is 42.7 Å². The highest BCUT2D eigenvalue weighted by Crippen LogP contribution is 2.17. The predicted molar refractivity (Wildman–Crippen MR) is 72.8 cm³/mol. The van der Waals surface area contributed by atoms with E-state index in [1.165, 1.54) is 6.20 Å². The number of carbonyl (C=O) groups is 1. The van der Waals surface area contributed by atoms with Crippen LogP contribution in [0.2, 0.25) is 0 Å². The third-order valence-electron chi connectivity index (χ3n) is 2.73. The van der Waals surface area contributed by atoms with Gasteiger partial charge in [0.25, 0.3) is 0 Å². The summed E-state index contributed by atoms with van der Waals surface area (Å²) in [6.07, 6.45) is 3.66. The monoisotopic (exact) mass is 257 g/mol. The van der Waals surface area contributed by atoms with Crippen LogP contribution in [0.3, 0.4) is 0 Å². The fourth-order valence-corrected chi connectivity index (χ4v) is 1.70. The van der Waals surface area contributed by atoms with Gasteiger partial charge in [-0.3, -0.25) is 4.98 Å². The number of hydrogen-bond acceptors (Lipinski definition) is 4. The molecule has 0 bridgehead atoms. The lowest BCUT2D eigenvalue weighted by atomic mass is 10.2. The zero-order valence-electron chi connectivity index (χ0n) is 10.6. The molecule has 0 fully saturated rings. The molecule has 98 valence electrons. The smallest absolute Gasteiger partial charge is 0.326 e. The van der Waals surface area contributed by atoms with Gasteiger partial charge in [0.2, 0.25) is 0 Å². The van der Waals surface area contributed by atoms with Crippen LogP contribution < -0.4 is 5.32 Å². The SMILES string of the molecule is CC[C@H](Nc1cncc(-c2ccccc2)n1)C(=O)O. The van der Waals surface area contributed by atoms with Crippen LogP contribution in [0, 0.1) is 0 Å². The summed E-state index contributed by atoms with van der Waals surface area (Å²) < 4.78 is 0. The molecule has 1 atom stereocenters. The number of carboxylic acids is 1. The van der Waals surface area contributed by atoms with Gasteiger partial charge in [0, 0.05) is 5.56 Å². The molecular formula is C14H15N3O2. The summed E-state index contributed by atoms with van der Waals surface area (Å²) in [7, 11) is 0. The molecule has 1 heterocycles. The lowest BCUT2D eigenvalue weighted by molar-refractivity contribution is -0.137. The van der Waals surface area contributed by atoms with Gasteiger partial charge >= 0.3 is 5.97 Å². The molecule has 19 heavy (non-hydrogen) atoms. The van der Waals surface area contributed by atoms with E-state index in [0.717, 1.165) is 5.56 Å². The third kappa shape index (κ3) is 3.28. The standard InChI is InChI=1S/C14H15N3O2/c1-2-11(14(18)19)16-13-9-15-8-12(17-13)10-6-4-3-5-7-10/h3-9,11H,2H2,1H3,(H,16,17)(H,18,19)/t11-/m0/s1. The van der Waals surface area contributed by atoms with Crippen molar-refractivity contribution in [1.29, 1.82) is 0 Å². The largest absolute Gasteiger partial charge is 0.480 e. The molecule has 5 heteroatoms. The summed E-state index contributed by atoms with van der Waals surface area (Å²) in [5, 5.41) is 11.9. The summed E-state index contributed by atoms with van der Waals surface area (Å²) in [6, 6.07) is 8.98. The Morgan fingerprint density at radius 3 is 2.68 bits per heavy atom. The van der Waals surface area contributed by atoms with Gasteiger partial charge in [-0.2, -0.15) is 0 Å². The molecule has 0 saturated carbocycles. The molecule has 0 unspecified atom stereocenters. The van der Waals surface area contributed by atoms with E-state index in [1.807, 2.05) is 30.3 Å². The van der Waals surface area contributed by atoms with Crippen LogP contribution in [-0.4, -0.2) is 27.1 Å². The van der Waals surface area contributed by atoms with Gasteiger partial charge in [-0.15, -0.1) is 0 Å². The lowest BCUT2D eigenvalue weighted by Crippen LogP contribution is -2.28. The fourth-order valence-electron chi connectivity index (χ4n) is 1.70. The maximum atomic E-state index is 11.0. The normalized spacial score (nSPS) is 11.8. The number of carboxylic acid groups (broad SMARTS) is 1. The highest BCUT2D eigenvalue weighted by molar-refractivity contribution is 5.76. The summed E-state index contributed by atoms with van der Waals surface area (Å²) in [6.45, 7) is 1.81. The first kappa shape index (κ1) is 13.0. The predicted octanol–water partition coefficient (Wildman–Crippen LogP) is 2.42. The summed E-state index contributed by atoms with van der Waals surface area (Å²) in [5.74, 6) is -0.426. The summed E-state index contributed by atoms with van der Waals surface area (Å²) in [5.41, 5.74) is 1.66. The molecule has 2 rings (SSSR count). The molecule has 0 aliphatic heterocycles. The van der Waals surface area contributed by atoms with Gasteiger partial charge in [0.15, 0.2) is 0 Å². The van der Waals surface area contributed by atoms with E-state index in [4.69, 9.17) is 5.11 Å². The second kappa shape index (κ2) is 5.95. The molecule has 0 radical (unpaired) electrons. The molecular weight excluding hydrogens is 242 g/mol. The van der Waals surface area contributed by atoms with Crippen LogP contribution in [0.15, 0.2) is 42.7 Å². The first-order valence-electron chi connectivity index (χ1n) is 6.07. The van der Waals surface area contributed by atoms with E-state index in [0.29, 0.717) is 17.9 Å². The highest BCUT2D eigenvalue weighted by atomic mass is 16.4. The van der Waals surface area contributed by atoms with Crippen molar-refractivity contribution < 1.29 is 9.90 Å². The van der Waals surface area contributed by atoms with Crippen LogP contribution in [0.25, 0.3) is 11.3 Å². The Labute approximate surface area is 111 Å². The first-order chi connectivity index (χ1) is 9.20. The first-order valence-corrected chi connectivity index (χ1v) is 6.07. The lowest BCUT2D eigenvalue weighted by Gasteiger charge is -2.13. The Kier molecular flexibility index (Phi) is 4.07. The fraction of sp³-hybridized carbons (Fsp3) is 0.214. The van der Waals surface area contributed by atoms with Crippen LogP contribution in [0.1, 0.15) is 13.3 Å². The second-order valence-corrected chi connectivity index (χ2v) is 4.10.